The molecular weight excluding hydrogens is 211 g/mol. The quantitative estimate of drug-likeness (QED) is 0.814. The normalized spacial score (nSPS) is 11.5. The molecule has 88 valence electrons. The van der Waals surface area contributed by atoms with Gasteiger partial charge in [-0.05, 0) is 17.5 Å². The van der Waals surface area contributed by atoms with Crippen molar-refractivity contribution in [3.05, 3.63) is 29.1 Å². The fourth-order valence-corrected chi connectivity index (χ4v) is 1.50. The highest BCUT2D eigenvalue weighted by atomic mass is 19.1. The molecule has 1 rings (SSSR count). The molecule has 0 saturated heterocycles. The van der Waals surface area contributed by atoms with Gasteiger partial charge in [0.05, 0.1) is 6.42 Å². The highest BCUT2D eigenvalue weighted by molar-refractivity contribution is 5.70. The number of aromatic hydroxyl groups is 1. The summed E-state index contributed by atoms with van der Waals surface area (Å²) in [7, 11) is 0. The zero-order chi connectivity index (χ0) is 12.5. The molecule has 0 amide bonds. The average molecular weight is 226 g/mol. The Bertz CT molecular complexity index is 419. The molecular formula is C12H15FO3. The van der Waals surface area contributed by atoms with Crippen LogP contribution in [0.3, 0.4) is 0 Å². The second kappa shape index (κ2) is 4.12. The van der Waals surface area contributed by atoms with E-state index in [-0.39, 0.29) is 16.7 Å². The number of phenols is 1. The Morgan fingerprint density at radius 2 is 1.94 bits per heavy atom. The van der Waals surface area contributed by atoms with Crippen molar-refractivity contribution < 1.29 is 19.4 Å². The second-order valence-corrected chi connectivity index (χ2v) is 4.78. The average Bonchev–Trinajstić information content (AvgIpc) is 2.07. The fourth-order valence-electron chi connectivity index (χ4n) is 1.50. The predicted molar refractivity (Wildman–Crippen MR) is 58.1 cm³/mol. The van der Waals surface area contributed by atoms with E-state index < -0.39 is 18.2 Å². The third-order valence-corrected chi connectivity index (χ3v) is 2.31. The summed E-state index contributed by atoms with van der Waals surface area (Å²) < 4.78 is 13.5. The van der Waals surface area contributed by atoms with E-state index >= 15 is 0 Å². The molecule has 0 atom stereocenters. The minimum Gasteiger partial charge on any atom is -0.508 e. The zero-order valence-electron chi connectivity index (χ0n) is 9.54. The third-order valence-electron chi connectivity index (χ3n) is 2.31. The molecule has 1 aromatic carbocycles. The lowest BCUT2D eigenvalue weighted by Gasteiger charge is -2.21. The molecule has 0 unspecified atom stereocenters. The van der Waals surface area contributed by atoms with E-state index in [1.165, 1.54) is 12.1 Å². The Kier molecular flexibility index (Phi) is 3.21. The fraction of sp³-hybridized carbons (Fsp3) is 0.417. The molecule has 3 nitrogen and oxygen atoms in total. The molecule has 0 radical (unpaired) electrons. The van der Waals surface area contributed by atoms with Crippen molar-refractivity contribution >= 4 is 5.97 Å². The first-order valence-corrected chi connectivity index (χ1v) is 4.95. The van der Waals surface area contributed by atoms with Gasteiger partial charge in [0.15, 0.2) is 0 Å². The van der Waals surface area contributed by atoms with Crippen molar-refractivity contribution in [1.29, 1.82) is 0 Å². The maximum atomic E-state index is 13.5. The van der Waals surface area contributed by atoms with E-state index in [2.05, 4.69) is 0 Å². The SMILES string of the molecule is CC(C)(C)c1cc(F)c(CC(=O)O)cc1O. The molecule has 0 aliphatic rings. The van der Waals surface area contributed by atoms with Crippen molar-refractivity contribution in [2.45, 2.75) is 32.6 Å². The van der Waals surface area contributed by atoms with Gasteiger partial charge < -0.3 is 10.2 Å². The lowest BCUT2D eigenvalue weighted by Crippen LogP contribution is -2.13. The van der Waals surface area contributed by atoms with Crippen LogP contribution in [-0.2, 0) is 16.6 Å². The van der Waals surface area contributed by atoms with Crippen molar-refractivity contribution in [2.75, 3.05) is 0 Å². The van der Waals surface area contributed by atoms with E-state index in [9.17, 15) is 14.3 Å². The highest BCUT2D eigenvalue weighted by Gasteiger charge is 2.21. The number of hydrogen-bond donors (Lipinski definition) is 2. The molecule has 16 heavy (non-hydrogen) atoms. The van der Waals surface area contributed by atoms with E-state index in [0.29, 0.717) is 5.56 Å². The number of halogens is 1. The monoisotopic (exact) mass is 226 g/mol. The van der Waals surface area contributed by atoms with Crippen LogP contribution in [0.25, 0.3) is 0 Å². The van der Waals surface area contributed by atoms with Crippen LogP contribution in [0.4, 0.5) is 4.39 Å². The zero-order valence-corrected chi connectivity index (χ0v) is 9.54. The van der Waals surface area contributed by atoms with E-state index in [0.717, 1.165) is 0 Å². The molecule has 0 aliphatic heterocycles. The Hall–Kier alpha value is -1.58. The summed E-state index contributed by atoms with van der Waals surface area (Å²) in [4.78, 5) is 10.5. The lowest BCUT2D eigenvalue weighted by atomic mass is 9.85. The number of hydrogen-bond acceptors (Lipinski definition) is 2. The van der Waals surface area contributed by atoms with Crippen LogP contribution in [0.5, 0.6) is 5.75 Å². The first kappa shape index (κ1) is 12.5. The Balaban J connectivity index is 3.22. The van der Waals surface area contributed by atoms with Crippen LogP contribution in [-0.4, -0.2) is 16.2 Å². The molecule has 0 fully saturated rings. The van der Waals surface area contributed by atoms with Gasteiger partial charge >= 0.3 is 5.97 Å². The maximum absolute atomic E-state index is 13.5. The third kappa shape index (κ3) is 2.72. The second-order valence-electron chi connectivity index (χ2n) is 4.78. The van der Waals surface area contributed by atoms with Gasteiger partial charge in [-0.25, -0.2) is 4.39 Å². The van der Waals surface area contributed by atoms with Gasteiger partial charge in [-0.15, -0.1) is 0 Å². The summed E-state index contributed by atoms with van der Waals surface area (Å²) in [6, 6.07) is 2.39. The molecule has 0 aliphatic carbocycles. The molecule has 4 heteroatoms. The van der Waals surface area contributed by atoms with Crippen LogP contribution in [0.15, 0.2) is 12.1 Å². The first-order chi connectivity index (χ1) is 7.21. The van der Waals surface area contributed by atoms with Gasteiger partial charge in [0, 0.05) is 11.1 Å². The summed E-state index contributed by atoms with van der Waals surface area (Å²) in [6.45, 7) is 5.54. The highest BCUT2D eigenvalue weighted by Crippen LogP contribution is 2.32. The molecule has 0 heterocycles. The van der Waals surface area contributed by atoms with Crippen molar-refractivity contribution in [3.8, 4) is 5.75 Å². The first-order valence-electron chi connectivity index (χ1n) is 4.95. The minimum absolute atomic E-state index is 0.00185. The molecule has 2 N–H and O–H groups in total. The van der Waals surface area contributed by atoms with Crippen molar-refractivity contribution in [3.63, 3.8) is 0 Å². The van der Waals surface area contributed by atoms with Crippen molar-refractivity contribution in [2.24, 2.45) is 0 Å². The smallest absolute Gasteiger partial charge is 0.307 e. The minimum atomic E-state index is -1.12. The summed E-state index contributed by atoms with van der Waals surface area (Å²) in [5, 5.41) is 18.3. The summed E-state index contributed by atoms with van der Waals surface area (Å²) in [5.74, 6) is -1.78. The largest absolute Gasteiger partial charge is 0.508 e. The standard InChI is InChI=1S/C12H15FO3/c1-12(2,3)8-6-9(13)7(4-10(8)14)5-11(15)16/h4,6,14H,5H2,1-3H3,(H,15,16). The predicted octanol–water partition coefficient (Wildman–Crippen LogP) is 2.46. The Morgan fingerprint density at radius 3 is 2.38 bits per heavy atom. The van der Waals surface area contributed by atoms with Crippen molar-refractivity contribution in [1.82, 2.24) is 0 Å². The summed E-state index contributed by atoms with van der Waals surface area (Å²) >= 11 is 0. The molecule has 0 aromatic heterocycles. The van der Waals surface area contributed by atoms with Gasteiger partial charge in [0.25, 0.3) is 0 Å². The summed E-state index contributed by atoms with van der Waals surface area (Å²) in [5.41, 5.74) is 0.0873. The number of rotatable bonds is 2. The van der Waals surface area contributed by atoms with E-state index in [1.54, 1.807) is 0 Å². The van der Waals surface area contributed by atoms with Gasteiger partial charge in [-0.3, -0.25) is 4.79 Å². The number of aliphatic carboxylic acids is 1. The molecule has 0 saturated carbocycles. The van der Waals surface area contributed by atoms with Crippen LogP contribution in [0.2, 0.25) is 0 Å². The van der Waals surface area contributed by atoms with Crippen LogP contribution < -0.4 is 0 Å². The van der Waals surface area contributed by atoms with Gasteiger partial charge in [-0.1, -0.05) is 20.8 Å². The maximum Gasteiger partial charge on any atom is 0.307 e. The molecule has 0 spiro atoms. The number of phenolic OH excluding ortho intramolecular Hbond substituents is 1. The number of carbonyl (C=O) groups is 1. The van der Waals surface area contributed by atoms with Gasteiger partial charge in [-0.2, -0.15) is 0 Å². The van der Waals surface area contributed by atoms with E-state index in [1.807, 2.05) is 20.8 Å². The van der Waals surface area contributed by atoms with Gasteiger partial charge in [0.1, 0.15) is 11.6 Å². The van der Waals surface area contributed by atoms with E-state index in [4.69, 9.17) is 5.11 Å². The number of carboxylic acid groups (broad SMARTS) is 1. The van der Waals surface area contributed by atoms with Crippen LogP contribution in [0.1, 0.15) is 31.9 Å². The van der Waals surface area contributed by atoms with Crippen LogP contribution >= 0.6 is 0 Å². The number of benzene rings is 1. The lowest BCUT2D eigenvalue weighted by molar-refractivity contribution is -0.136. The summed E-state index contributed by atoms with van der Waals surface area (Å²) in [6.07, 6.45) is -0.427. The topological polar surface area (TPSA) is 57.5 Å². The molecule has 0 bridgehead atoms. The number of carboxylic acids is 1. The Morgan fingerprint density at radius 1 is 1.38 bits per heavy atom. The van der Waals surface area contributed by atoms with Gasteiger partial charge in [0.2, 0.25) is 0 Å². The Labute approximate surface area is 93.5 Å². The molecule has 1 aromatic rings. The van der Waals surface area contributed by atoms with Crippen LogP contribution in [0, 0.1) is 5.82 Å².